The van der Waals surface area contributed by atoms with Crippen LogP contribution in [0.25, 0.3) is 10.9 Å². The SMILES string of the molecule is CC(C)(C)OC(=O)n1cc2c(n1)CCC(N(C(=O)c1cccc3c1cnn3CC1CCOCC1)C1CC1)C2. The number of hydrogen-bond acceptors (Lipinski definition) is 6. The highest BCUT2D eigenvalue weighted by atomic mass is 16.6. The van der Waals surface area contributed by atoms with E-state index >= 15 is 0 Å². The Balaban J connectivity index is 1.23. The second-order valence-electron chi connectivity index (χ2n) is 12.0. The van der Waals surface area contributed by atoms with Crippen LogP contribution < -0.4 is 0 Å². The van der Waals surface area contributed by atoms with Crippen molar-refractivity contribution in [3.8, 4) is 0 Å². The summed E-state index contributed by atoms with van der Waals surface area (Å²) in [5.41, 5.74) is 3.10. The van der Waals surface area contributed by atoms with Gasteiger partial charge in [0.15, 0.2) is 0 Å². The maximum atomic E-state index is 14.1. The van der Waals surface area contributed by atoms with Crippen molar-refractivity contribution < 1.29 is 19.1 Å². The molecule has 0 radical (unpaired) electrons. The fourth-order valence-corrected chi connectivity index (χ4v) is 5.86. The lowest BCUT2D eigenvalue weighted by Crippen LogP contribution is -2.44. The summed E-state index contributed by atoms with van der Waals surface area (Å²) >= 11 is 0. The van der Waals surface area contributed by atoms with Crippen molar-refractivity contribution in [2.24, 2.45) is 5.92 Å². The van der Waals surface area contributed by atoms with Crippen molar-refractivity contribution in [1.29, 1.82) is 0 Å². The molecule has 0 spiro atoms. The fourth-order valence-electron chi connectivity index (χ4n) is 5.86. The summed E-state index contributed by atoms with van der Waals surface area (Å²) in [6, 6.07) is 6.33. The molecule has 3 heterocycles. The summed E-state index contributed by atoms with van der Waals surface area (Å²) in [5.74, 6) is 0.629. The van der Waals surface area contributed by atoms with Crippen molar-refractivity contribution in [2.75, 3.05) is 13.2 Å². The van der Waals surface area contributed by atoms with Gasteiger partial charge in [-0.2, -0.15) is 14.9 Å². The molecule has 1 unspecified atom stereocenters. The van der Waals surface area contributed by atoms with Gasteiger partial charge >= 0.3 is 6.09 Å². The third-order valence-electron chi connectivity index (χ3n) is 7.89. The van der Waals surface area contributed by atoms with E-state index in [4.69, 9.17) is 9.47 Å². The highest BCUT2D eigenvalue weighted by Crippen LogP contribution is 2.36. The molecular weight excluding hydrogens is 482 g/mol. The van der Waals surface area contributed by atoms with Crippen molar-refractivity contribution >= 4 is 22.9 Å². The number of ether oxygens (including phenoxy) is 2. The smallest absolute Gasteiger partial charge is 0.435 e. The van der Waals surface area contributed by atoms with E-state index in [0.717, 1.165) is 86.0 Å². The lowest BCUT2D eigenvalue weighted by molar-refractivity contribution is 0.0513. The summed E-state index contributed by atoms with van der Waals surface area (Å²) in [5, 5.41) is 10.1. The van der Waals surface area contributed by atoms with Crippen LogP contribution in [0.1, 0.15) is 74.5 Å². The Morgan fingerprint density at radius 1 is 1.11 bits per heavy atom. The summed E-state index contributed by atoms with van der Waals surface area (Å²) in [7, 11) is 0. The van der Waals surface area contributed by atoms with E-state index in [-0.39, 0.29) is 18.0 Å². The van der Waals surface area contributed by atoms with E-state index in [1.54, 1.807) is 6.20 Å². The molecule has 1 atom stereocenters. The molecule has 202 valence electrons. The van der Waals surface area contributed by atoms with Crippen LogP contribution in [0.5, 0.6) is 0 Å². The second kappa shape index (κ2) is 9.84. The minimum absolute atomic E-state index is 0.0753. The lowest BCUT2D eigenvalue weighted by atomic mass is 9.91. The van der Waals surface area contributed by atoms with Crippen LogP contribution in [0.2, 0.25) is 0 Å². The van der Waals surface area contributed by atoms with Crippen LogP contribution in [0.3, 0.4) is 0 Å². The minimum Gasteiger partial charge on any atom is -0.442 e. The first-order valence-corrected chi connectivity index (χ1v) is 13.9. The number of rotatable bonds is 5. The molecule has 3 aromatic rings. The van der Waals surface area contributed by atoms with Crippen LogP contribution >= 0.6 is 0 Å². The van der Waals surface area contributed by atoms with Gasteiger partial charge in [0.05, 0.1) is 23.0 Å². The van der Waals surface area contributed by atoms with Gasteiger partial charge in [0.25, 0.3) is 5.91 Å². The average Bonchev–Trinajstić information content (AvgIpc) is 3.48. The molecule has 2 aromatic heterocycles. The van der Waals surface area contributed by atoms with E-state index in [0.29, 0.717) is 12.3 Å². The number of carbonyl (C=O) groups excluding carboxylic acids is 2. The fraction of sp³-hybridized carbons (Fsp3) is 0.586. The van der Waals surface area contributed by atoms with Crippen LogP contribution in [0.15, 0.2) is 30.6 Å². The highest BCUT2D eigenvalue weighted by Gasteiger charge is 2.40. The Labute approximate surface area is 223 Å². The summed E-state index contributed by atoms with van der Waals surface area (Å²) in [6.45, 7) is 8.01. The number of aryl methyl sites for hydroxylation is 1. The number of hydrogen-bond donors (Lipinski definition) is 0. The Morgan fingerprint density at radius 3 is 2.63 bits per heavy atom. The van der Waals surface area contributed by atoms with Crippen LogP contribution in [0, 0.1) is 5.92 Å². The quantitative estimate of drug-likeness (QED) is 0.489. The van der Waals surface area contributed by atoms with Crippen molar-refractivity contribution in [2.45, 2.75) is 89.9 Å². The number of amides is 1. The maximum Gasteiger partial charge on any atom is 0.435 e. The minimum atomic E-state index is -0.582. The molecule has 1 saturated heterocycles. The lowest BCUT2D eigenvalue weighted by Gasteiger charge is -2.34. The van der Waals surface area contributed by atoms with E-state index < -0.39 is 11.7 Å². The van der Waals surface area contributed by atoms with Crippen LogP contribution in [-0.2, 0) is 28.9 Å². The molecule has 6 rings (SSSR count). The Kier molecular flexibility index (Phi) is 6.50. The van der Waals surface area contributed by atoms with Gasteiger partial charge in [-0.15, -0.1) is 0 Å². The summed E-state index contributed by atoms with van der Waals surface area (Å²) in [4.78, 5) is 28.8. The van der Waals surface area contributed by atoms with Gasteiger partial charge < -0.3 is 14.4 Å². The molecule has 2 aliphatic carbocycles. The molecule has 0 N–H and O–H groups in total. The summed E-state index contributed by atoms with van der Waals surface area (Å²) in [6.07, 6.45) is 9.59. The molecule has 1 amide bonds. The second-order valence-corrected chi connectivity index (χ2v) is 12.0. The zero-order valence-corrected chi connectivity index (χ0v) is 22.6. The molecule has 1 aliphatic heterocycles. The first-order valence-electron chi connectivity index (χ1n) is 13.9. The van der Waals surface area contributed by atoms with Gasteiger partial charge in [-0.1, -0.05) is 6.07 Å². The summed E-state index contributed by atoms with van der Waals surface area (Å²) < 4.78 is 14.4. The standard InChI is InChI=1S/C29H37N5O4/c1-29(2,3)38-28(36)33-18-20-15-22(9-10-25(20)31-33)34(21-7-8-21)27(35)23-5-4-6-26-24(23)16-30-32(26)17-19-11-13-37-14-12-19/h4-6,16,18-19,21-22H,7-15,17H2,1-3H3. The Morgan fingerprint density at radius 2 is 1.89 bits per heavy atom. The average molecular weight is 520 g/mol. The molecule has 9 nitrogen and oxygen atoms in total. The maximum absolute atomic E-state index is 14.1. The third kappa shape index (κ3) is 5.08. The Hall–Kier alpha value is -3.20. The van der Waals surface area contributed by atoms with Gasteiger partial charge in [0, 0.05) is 43.4 Å². The Bertz CT molecular complexity index is 1340. The highest BCUT2D eigenvalue weighted by molar-refractivity contribution is 6.06. The predicted octanol–water partition coefficient (Wildman–Crippen LogP) is 4.60. The normalized spacial score (nSPS) is 20.3. The monoisotopic (exact) mass is 519 g/mol. The first-order chi connectivity index (χ1) is 18.3. The number of nitrogens with zero attached hydrogens (tertiary/aromatic N) is 5. The molecule has 3 aliphatic rings. The zero-order chi connectivity index (χ0) is 26.4. The van der Waals surface area contributed by atoms with Crippen LogP contribution in [-0.4, -0.2) is 67.4 Å². The largest absolute Gasteiger partial charge is 0.442 e. The molecule has 9 heteroatoms. The molecule has 2 fully saturated rings. The predicted molar refractivity (Wildman–Crippen MR) is 142 cm³/mol. The van der Waals surface area contributed by atoms with E-state index in [2.05, 4.69) is 25.8 Å². The van der Waals surface area contributed by atoms with Crippen molar-refractivity contribution in [3.63, 3.8) is 0 Å². The molecule has 1 aromatic carbocycles. The van der Waals surface area contributed by atoms with Crippen LogP contribution in [0.4, 0.5) is 4.79 Å². The van der Waals surface area contributed by atoms with Gasteiger partial charge in [-0.05, 0) is 89.3 Å². The molecule has 38 heavy (non-hydrogen) atoms. The van der Waals surface area contributed by atoms with E-state index in [1.807, 2.05) is 39.1 Å². The van der Waals surface area contributed by atoms with Crippen molar-refractivity contribution in [1.82, 2.24) is 24.5 Å². The third-order valence-corrected chi connectivity index (χ3v) is 7.89. The van der Waals surface area contributed by atoms with Gasteiger partial charge in [0.2, 0.25) is 0 Å². The topological polar surface area (TPSA) is 91.5 Å². The van der Waals surface area contributed by atoms with E-state index in [1.165, 1.54) is 4.68 Å². The van der Waals surface area contributed by atoms with E-state index in [9.17, 15) is 9.59 Å². The number of carbonyl (C=O) groups is 2. The molecular formula is C29H37N5O4. The number of fused-ring (bicyclic) bond motifs is 2. The van der Waals surface area contributed by atoms with Gasteiger partial charge in [0.1, 0.15) is 5.60 Å². The van der Waals surface area contributed by atoms with Gasteiger partial charge in [-0.25, -0.2) is 4.79 Å². The van der Waals surface area contributed by atoms with Gasteiger partial charge in [-0.3, -0.25) is 9.48 Å². The molecule has 0 bridgehead atoms. The first kappa shape index (κ1) is 25.1. The number of benzene rings is 1. The zero-order valence-electron chi connectivity index (χ0n) is 22.6. The van der Waals surface area contributed by atoms with Crippen molar-refractivity contribution in [3.05, 3.63) is 47.4 Å². The molecule has 1 saturated carbocycles. The number of aromatic nitrogens is 4.